The summed E-state index contributed by atoms with van der Waals surface area (Å²) in [5.41, 5.74) is 4.82. The summed E-state index contributed by atoms with van der Waals surface area (Å²) in [5, 5.41) is 10.2. The van der Waals surface area contributed by atoms with Gasteiger partial charge in [-0.1, -0.05) is 49.9 Å². The van der Waals surface area contributed by atoms with Gasteiger partial charge in [0.15, 0.2) is 0 Å². The smallest absolute Gasteiger partial charge is 0.299 e. The first-order valence-electron chi connectivity index (χ1n) is 16.9. The van der Waals surface area contributed by atoms with Gasteiger partial charge in [-0.3, -0.25) is 4.79 Å². The lowest BCUT2D eigenvalue weighted by Crippen LogP contribution is -2.39. The van der Waals surface area contributed by atoms with E-state index in [2.05, 4.69) is 20.9 Å². The van der Waals surface area contributed by atoms with Crippen molar-refractivity contribution in [2.24, 2.45) is 11.8 Å². The summed E-state index contributed by atoms with van der Waals surface area (Å²) >= 11 is 0. The predicted molar refractivity (Wildman–Crippen MR) is 172 cm³/mol. The van der Waals surface area contributed by atoms with E-state index in [1.54, 1.807) is 24.3 Å². The van der Waals surface area contributed by atoms with Gasteiger partial charge in [0.2, 0.25) is 5.91 Å². The van der Waals surface area contributed by atoms with Crippen LogP contribution in [0.5, 0.6) is 0 Å². The minimum Gasteiger partial charge on any atom is -0.341 e. The minimum atomic E-state index is -3.17. The number of anilines is 1. The number of imidazole rings is 1. The average Bonchev–Trinajstić information content (AvgIpc) is 3.83. The third kappa shape index (κ3) is 4.63. The number of amides is 1. The van der Waals surface area contributed by atoms with Crippen LogP contribution in [0.4, 0.5) is 14.5 Å². The van der Waals surface area contributed by atoms with Crippen molar-refractivity contribution in [2.45, 2.75) is 94.3 Å². The molecule has 4 N–H and O–H groups in total. The molecule has 3 aliphatic carbocycles. The summed E-state index contributed by atoms with van der Waals surface area (Å²) in [6.45, 7) is 0. The number of hydrogen-bond acceptors (Lipinski definition) is 4. The molecular weight excluding hydrogens is 568 g/mol. The Labute approximate surface area is 261 Å². The number of alkyl halides is 2. The monoisotopic (exact) mass is 607 g/mol. The van der Waals surface area contributed by atoms with Crippen LogP contribution in [0, 0.1) is 11.8 Å². The molecule has 6 nitrogen and oxygen atoms in total. The van der Waals surface area contributed by atoms with Gasteiger partial charge in [-0.15, -0.1) is 0 Å². The van der Waals surface area contributed by atoms with Gasteiger partial charge in [0.25, 0.3) is 5.92 Å². The van der Waals surface area contributed by atoms with E-state index in [0.717, 1.165) is 59.6 Å². The molecule has 4 fully saturated rings. The van der Waals surface area contributed by atoms with Crippen molar-refractivity contribution < 1.29 is 13.6 Å². The zero-order valence-corrected chi connectivity index (χ0v) is 25.3. The molecule has 3 heterocycles. The van der Waals surface area contributed by atoms with Crippen LogP contribution in [0.25, 0.3) is 33.3 Å². The van der Waals surface area contributed by atoms with Crippen LogP contribution in [0.3, 0.4) is 0 Å². The number of H-pyrrole nitrogens is 1. The quantitative estimate of drug-likeness (QED) is 0.191. The van der Waals surface area contributed by atoms with E-state index in [0.29, 0.717) is 34.8 Å². The lowest BCUT2D eigenvalue weighted by atomic mass is 9.85. The van der Waals surface area contributed by atoms with E-state index in [4.69, 9.17) is 4.98 Å². The standard InChI is InChI=1S/C37H39F2N5O/c38-37(39)27-15-20(21-10-14-31-32(16-21)44-35(43-31)33-17-22-5-1-3-7-29(22)41-33)9-12-25(27)26-13-11-24(19-28(26)37)40-36(45)34-18-23-6-2-4-8-30(23)42-34/h9-16,19,22-23,29-30,33-34,41-42H,1-8,17-18H2,(H,40,45)(H,43,44)/t22-,23-,29?,30-,33-,34-/m0/s1. The van der Waals surface area contributed by atoms with E-state index in [-0.39, 0.29) is 29.1 Å². The highest BCUT2D eigenvalue weighted by Gasteiger charge is 2.45. The normalized spacial score (nSPS) is 29.6. The molecule has 8 heteroatoms. The van der Waals surface area contributed by atoms with E-state index in [9.17, 15) is 4.79 Å². The number of aromatic nitrogens is 2. The lowest BCUT2D eigenvalue weighted by Gasteiger charge is -2.24. The molecule has 3 aromatic carbocycles. The maximum absolute atomic E-state index is 16.1. The maximum Gasteiger partial charge on any atom is 0.299 e. The third-order valence-corrected chi connectivity index (χ3v) is 11.5. The number of nitrogens with one attached hydrogen (secondary N) is 4. The van der Waals surface area contributed by atoms with E-state index in [1.807, 2.05) is 24.3 Å². The van der Waals surface area contributed by atoms with Crippen LogP contribution in [0.2, 0.25) is 0 Å². The first-order valence-corrected chi connectivity index (χ1v) is 16.9. The highest BCUT2D eigenvalue weighted by molar-refractivity contribution is 5.96. The van der Waals surface area contributed by atoms with Crippen LogP contribution in [0.15, 0.2) is 54.6 Å². The first kappa shape index (κ1) is 27.7. The van der Waals surface area contributed by atoms with E-state index in [1.165, 1.54) is 44.6 Å². The molecule has 4 aromatic rings. The number of nitrogens with zero attached hydrogens (tertiary/aromatic N) is 1. The second-order valence-electron chi connectivity index (χ2n) is 14.2. The summed E-state index contributed by atoms with van der Waals surface area (Å²) in [4.78, 5) is 21.6. The molecule has 2 aliphatic heterocycles. The van der Waals surface area contributed by atoms with Crippen molar-refractivity contribution in [3.8, 4) is 22.3 Å². The Hall–Kier alpha value is -3.62. The van der Waals surface area contributed by atoms with Crippen molar-refractivity contribution in [1.29, 1.82) is 0 Å². The fraction of sp³-hybridized carbons (Fsp3) is 0.459. The Balaban J connectivity index is 0.954. The summed E-state index contributed by atoms with van der Waals surface area (Å²) < 4.78 is 32.1. The molecule has 6 atom stereocenters. The SMILES string of the molecule is O=C(Nc1ccc2c(c1)C(F)(F)c1cc(-c3ccc4[nH]c([C@@H]5C[C@@H]6CCCCC6N5)nc4c3)ccc1-2)[C@@H]1C[C@@H]2CCCC[C@@H]2N1. The summed E-state index contributed by atoms with van der Waals surface area (Å²) in [5.74, 6) is -1.07. The number of rotatable bonds is 4. The molecule has 1 amide bonds. The van der Waals surface area contributed by atoms with Gasteiger partial charge >= 0.3 is 0 Å². The van der Waals surface area contributed by atoms with Crippen LogP contribution in [0.1, 0.15) is 87.2 Å². The number of carbonyl (C=O) groups excluding carboxylic acids is 1. The second kappa shape index (κ2) is 10.5. The fourth-order valence-electron chi connectivity index (χ4n) is 9.13. The Morgan fingerprint density at radius 1 is 0.778 bits per heavy atom. The molecule has 0 radical (unpaired) electrons. The van der Waals surface area contributed by atoms with Gasteiger partial charge < -0.3 is 20.9 Å². The predicted octanol–water partition coefficient (Wildman–Crippen LogP) is 7.80. The van der Waals surface area contributed by atoms with E-state index >= 15 is 8.78 Å². The first-order chi connectivity index (χ1) is 21.9. The van der Waals surface area contributed by atoms with Crippen molar-refractivity contribution in [3.63, 3.8) is 0 Å². The van der Waals surface area contributed by atoms with Gasteiger partial charge in [-0.05, 0) is 103 Å². The molecule has 45 heavy (non-hydrogen) atoms. The molecular formula is C37H39F2N5O. The lowest BCUT2D eigenvalue weighted by molar-refractivity contribution is -0.117. The fourth-order valence-corrected chi connectivity index (χ4v) is 9.13. The molecule has 232 valence electrons. The summed E-state index contributed by atoms with van der Waals surface area (Å²) in [6.07, 6.45) is 11.8. The van der Waals surface area contributed by atoms with Crippen LogP contribution >= 0.6 is 0 Å². The van der Waals surface area contributed by atoms with Crippen LogP contribution in [-0.2, 0) is 10.7 Å². The summed E-state index contributed by atoms with van der Waals surface area (Å²) in [7, 11) is 0. The van der Waals surface area contributed by atoms with Gasteiger partial charge in [0.1, 0.15) is 5.82 Å². The van der Waals surface area contributed by atoms with E-state index < -0.39 is 5.92 Å². The number of aromatic amines is 1. The maximum atomic E-state index is 16.1. The largest absolute Gasteiger partial charge is 0.341 e. The molecule has 2 saturated carbocycles. The van der Waals surface area contributed by atoms with Crippen LogP contribution in [-0.4, -0.2) is 34.0 Å². The molecule has 0 spiro atoms. The zero-order valence-electron chi connectivity index (χ0n) is 25.3. The number of benzene rings is 3. The number of carbonyl (C=O) groups is 1. The Bertz CT molecular complexity index is 1790. The Kier molecular flexibility index (Phi) is 6.43. The van der Waals surface area contributed by atoms with Gasteiger partial charge in [0.05, 0.1) is 23.1 Å². The highest BCUT2D eigenvalue weighted by Crippen LogP contribution is 2.52. The Morgan fingerprint density at radius 3 is 2.22 bits per heavy atom. The topological polar surface area (TPSA) is 81.8 Å². The van der Waals surface area contributed by atoms with Gasteiger partial charge in [0, 0.05) is 28.9 Å². The molecule has 1 aromatic heterocycles. The Morgan fingerprint density at radius 2 is 1.44 bits per heavy atom. The van der Waals surface area contributed by atoms with Gasteiger partial charge in [-0.2, -0.15) is 8.78 Å². The summed E-state index contributed by atoms with van der Waals surface area (Å²) in [6, 6.07) is 17.2. The second-order valence-corrected chi connectivity index (χ2v) is 14.2. The van der Waals surface area contributed by atoms with Crippen molar-refractivity contribution >= 4 is 22.6 Å². The number of hydrogen-bond donors (Lipinski definition) is 4. The molecule has 5 aliphatic rings. The highest BCUT2D eigenvalue weighted by atomic mass is 19.3. The van der Waals surface area contributed by atoms with Crippen molar-refractivity contribution in [2.75, 3.05) is 5.32 Å². The average molecular weight is 608 g/mol. The minimum absolute atomic E-state index is 0.000543. The third-order valence-electron chi connectivity index (χ3n) is 11.5. The number of fused-ring (bicyclic) bond motifs is 6. The van der Waals surface area contributed by atoms with Crippen molar-refractivity contribution in [3.05, 3.63) is 71.5 Å². The molecule has 0 bridgehead atoms. The van der Waals surface area contributed by atoms with Crippen LogP contribution < -0.4 is 16.0 Å². The number of halogens is 2. The molecule has 9 rings (SSSR count). The van der Waals surface area contributed by atoms with Gasteiger partial charge in [-0.25, -0.2) is 4.98 Å². The zero-order chi connectivity index (χ0) is 30.3. The molecule has 1 unspecified atom stereocenters. The van der Waals surface area contributed by atoms with Crippen molar-refractivity contribution in [1.82, 2.24) is 20.6 Å². The molecule has 2 saturated heterocycles.